The van der Waals surface area contributed by atoms with Gasteiger partial charge in [-0.05, 0) is 45.3 Å². The molecule has 160 valence electrons. The lowest BCUT2D eigenvalue weighted by atomic mass is 9.89. The Bertz CT molecular complexity index is 574. The number of hydrogen-bond donors (Lipinski definition) is 2. The van der Waals surface area contributed by atoms with Gasteiger partial charge in [0.2, 0.25) is 0 Å². The van der Waals surface area contributed by atoms with Gasteiger partial charge in [-0.1, -0.05) is 43.7 Å². The van der Waals surface area contributed by atoms with Crippen LogP contribution in [0.15, 0.2) is 29.3 Å². The Morgan fingerprint density at radius 3 is 2.50 bits per heavy atom. The first-order valence-corrected chi connectivity index (χ1v) is 10.5. The molecule has 0 aliphatic carbocycles. The van der Waals surface area contributed by atoms with Gasteiger partial charge in [-0.15, -0.1) is 24.0 Å². The number of nitrogens with one attached hydrogen (secondary N) is 2. The second kappa shape index (κ2) is 13.4. The molecule has 1 aromatic rings. The van der Waals surface area contributed by atoms with Crippen LogP contribution >= 0.6 is 24.0 Å². The maximum Gasteiger partial charge on any atom is 0.191 e. The van der Waals surface area contributed by atoms with Crippen LogP contribution in [0.3, 0.4) is 0 Å². The molecule has 2 N–H and O–H groups in total. The third-order valence-corrected chi connectivity index (χ3v) is 5.61. The summed E-state index contributed by atoms with van der Waals surface area (Å²) in [5.41, 5.74) is 2.57. The second-order valence-corrected chi connectivity index (χ2v) is 7.51. The summed E-state index contributed by atoms with van der Waals surface area (Å²) < 4.78 is 6.13. The zero-order valence-corrected chi connectivity index (χ0v) is 20.5. The van der Waals surface area contributed by atoms with Crippen LogP contribution in [0.5, 0.6) is 0 Å². The number of likely N-dealkylation sites (N-methyl/N-ethyl adjacent to an activating group) is 1. The number of aryl methyl sites for hydroxylation is 1. The first-order valence-electron chi connectivity index (χ1n) is 10.5. The van der Waals surface area contributed by atoms with Gasteiger partial charge in [0.1, 0.15) is 0 Å². The number of hydrogen-bond acceptors (Lipinski definition) is 3. The van der Waals surface area contributed by atoms with Crippen molar-refractivity contribution in [2.45, 2.75) is 52.7 Å². The zero-order chi connectivity index (χ0) is 19.6. The van der Waals surface area contributed by atoms with Crippen LogP contribution < -0.4 is 10.6 Å². The third-order valence-electron chi connectivity index (χ3n) is 5.61. The molecule has 1 aliphatic heterocycles. The molecule has 1 heterocycles. The fourth-order valence-electron chi connectivity index (χ4n) is 3.85. The monoisotopic (exact) mass is 502 g/mol. The summed E-state index contributed by atoms with van der Waals surface area (Å²) in [5.74, 6) is 1.34. The van der Waals surface area contributed by atoms with Gasteiger partial charge in [-0.2, -0.15) is 0 Å². The van der Waals surface area contributed by atoms with Gasteiger partial charge in [0, 0.05) is 38.7 Å². The lowest BCUT2D eigenvalue weighted by molar-refractivity contribution is -0.0265. The molecule has 0 aromatic heterocycles. The molecular formula is C22H39IN4O. The molecule has 0 bridgehead atoms. The smallest absolute Gasteiger partial charge is 0.191 e. The highest BCUT2D eigenvalue weighted by Gasteiger charge is 2.27. The standard InChI is InChI=1S/C22H38N4O.HI/c1-6-26(7-2)18(4)15-24-22(23-5)25-16-20-9-8-14-27-21(20)19-12-10-17(3)11-13-19;/h10-13,18,20-21H,6-9,14-16H2,1-5H3,(H2,23,24,25);1H. The quantitative estimate of drug-likeness (QED) is 0.321. The molecule has 28 heavy (non-hydrogen) atoms. The van der Waals surface area contributed by atoms with E-state index in [0.717, 1.165) is 45.2 Å². The second-order valence-electron chi connectivity index (χ2n) is 7.51. The number of nitrogens with zero attached hydrogens (tertiary/aromatic N) is 2. The highest BCUT2D eigenvalue weighted by Crippen LogP contribution is 2.33. The van der Waals surface area contributed by atoms with E-state index < -0.39 is 0 Å². The van der Waals surface area contributed by atoms with E-state index in [1.165, 1.54) is 17.5 Å². The summed E-state index contributed by atoms with van der Waals surface area (Å²) in [6.07, 6.45) is 2.47. The summed E-state index contributed by atoms with van der Waals surface area (Å²) in [4.78, 5) is 6.85. The molecule has 3 unspecified atom stereocenters. The summed E-state index contributed by atoms with van der Waals surface area (Å²) in [6.45, 7) is 13.6. The fourth-order valence-corrected chi connectivity index (χ4v) is 3.85. The van der Waals surface area contributed by atoms with Crippen molar-refractivity contribution < 1.29 is 4.74 Å². The number of ether oxygens (including phenoxy) is 1. The Morgan fingerprint density at radius 1 is 1.21 bits per heavy atom. The minimum absolute atomic E-state index is 0. The van der Waals surface area contributed by atoms with Crippen LogP contribution in [0.25, 0.3) is 0 Å². The van der Waals surface area contributed by atoms with E-state index >= 15 is 0 Å². The molecule has 1 aromatic carbocycles. The van der Waals surface area contributed by atoms with Gasteiger partial charge in [-0.3, -0.25) is 9.89 Å². The minimum atomic E-state index is 0. The number of rotatable bonds is 8. The van der Waals surface area contributed by atoms with Crippen LogP contribution in [-0.2, 0) is 4.74 Å². The summed E-state index contributed by atoms with van der Waals surface area (Å²) >= 11 is 0. The fraction of sp³-hybridized carbons (Fsp3) is 0.682. The Hall–Kier alpha value is -0.860. The van der Waals surface area contributed by atoms with Crippen molar-refractivity contribution in [2.75, 3.05) is 39.8 Å². The Kier molecular flexibility index (Phi) is 12.0. The Labute approximate surface area is 188 Å². The molecule has 1 fully saturated rings. The molecule has 6 heteroatoms. The molecule has 0 saturated carbocycles. The van der Waals surface area contributed by atoms with Gasteiger partial charge in [0.15, 0.2) is 5.96 Å². The average Bonchev–Trinajstić information content (AvgIpc) is 2.70. The average molecular weight is 502 g/mol. The van der Waals surface area contributed by atoms with Gasteiger partial charge in [0.05, 0.1) is 6.10 Å². The summed E-state index contributed by atoms with van der Waals surface area (Å²) in [6, 6.07) is 9.24. The van der Waals surface area contributed by atoms with Crippen molar-refractivity contribution in [2.24, 2.45) is 10.9 Å². The maximum absolute atomic E-state index is 6.13. The van der Waals surface area contributed by atoms with Crippen molar-refractivity contribution in [1.29, 1.82) is 0 Å². The zero-order valence-electron chi connectivity index (χ0n) is 18.2. The van der Waals surface area contributed by atoms with E-state index in [1.807, 2.05) is 7.05 Å². The first-order chi connectivity index (χ1) is 13.1. The van der Waals surface area contributed by atoms with Crippen LogP contribution in [0.1, 0.15) is 50.8 Å². The highest BCUT2D eigenvalue weighted by molar-refractivity contribution is 14.0. The largest absolute Gasteiger partial charge is 0.373 e. The number of halogens is 1. The predicted octanol–water partition coefficient (Wildman–Crippen LogP) is 3.98. The highest BCUT2D eigenvalue weighted by atomic mass is 127. The maximum atomic E-state index is 6.13. The normalized spacial score (nSPS) is 21.1. The van der Waals surface area contributed by atoms with Crippen molar-refractivity contribution in [3.05, 3.63) is 35.4 Å². The minimum Gasteiger partial charge on any atom is -0.373 e. The molecular weight excluding hydrogens is 463 g/mol. The van der Waals surface area contributed by atoms with Gasteiger partial charge < -0.3 is 15.4 Å². The Morgan fingerprint density at radius 2 is 1.89 bits per heavy atom. The summed E-state index contributed by atoms with van der Waals surface area (Å²) in [5, 5.41) is 7.00. The van der Waals surface area contributed by atoms with E-state index in [-0.39, 0.29) is 30.1 Å². The lowest BCUT2D eigenvalue weighted by Crippen LogP contribution is -2.47. The van der Waals surface area contributed by atoms with Gasteiger partial charge >= 0.3 is 0 Å². The van der Waals surface area contributed by atoms with E-state index in [9.17, 15) is 0 Å². The van der Waals surface area contributed by atoms with Crippen molar-refractivity contribution in [3.63, 3.8) is 0 Å². The van der Waals surface area contributed by atoms with E-state index in [2.05, 4.69) is 72.5 Å². The number of guanidine groups is 1. The predicted molar refractivity (Wildman–Crippen MR) is 130 cm³/mol. The third kappa shape index (κ3) is 7.52. The van der Waals surface area contributed by atoms with Gasteiger partial charge in [-0.25, -0.2) is 0 Å². The summed E-state index contributed by atoms with van der Waals surface area (Å²) in [7, 11) is 1.84. The molecule has 3 atom stereocenters. The molecule has 0 amide bonds. The number of benzene rings is 1. The molecule has 0 spiro atoms. The van der Waals surface area contributed by atoms with Gasteiger partial charge in [0.25, 0.3) is 0 Å². The van der Waals surface area contributed by atoms with E-state index in [4.69, 9.17) is 4.74 Å². The first kappa shape index (κ1) is 25.2. The van der Waals surface area contributed by atoms with E-state index in [0.29, 0.717) is 12.0 Å². The van der Waals surface area contributed by atoms with Crippen LogP contribution in [0, 0.1) is 12.8 Å². The van der Waals surface area contributed by atoms with Crippen molar-refractivity contribution in [1.82, 2.24) is 15.5 Å². The molecule has 1 saturated heterocycles. The van der Waals surface area contributed by atoms with Crippen LogP contribution in [-0.4, -0.2) is 56.7 Å². The van der Waals surface area contributed by atoms with Crippen LogP contribution in [0.2, 0.25) is 0 Å². The molecule has 0 radical (unpaired) electrons. The van der Waals surface area contributed by atoms with E-state index in [1.54, 1.807) is 0 Å². The molecule has 1 aliphatic rings. The molecule has 5 nitrogen and oxygen atoms in total. The topological polar surface area (TPSA) is 48.9 Å². The number of aliphatic imine (C=N–C) groups is 1. The van der Waals surface area contributed by atoms with Crippen LogP contribution in [0.4, 0.5) is 0 Å². The van der Waals surface area contributed by atoms with Crippen molar-refractivity contribution in [3.8, 4) is 0 Å². The SMILES string of the molecule is CCN(CC)C(C)CNC(=NC)NCC1CCCOC1c1ccc(C)cc1.I. The van der Waals surface area contributed by atoms with Crippen molar-refractivity contribution >= 4 is 29.9 Å². The Balaban J connectivity index is 0.00000392. The molecule has 2 rings (SSSR count). The lowest BCUT2D eigenvalue weighted by Gasteiger charge is -2.33.